The molecule has 0 aromatic heterocycles. The summed E-state index contributed by atoms with van der Waals surface area (Å²) in [6.07, 6.45) is 7.85. The molecule has 0 radical (unpaired) electrons. The predicted octanol–water partition coefficient (Wildman–Crippen LogP) is 1.81. The van der Waals surface area contributed by atoms with E-state index in [0.717, 1.165) is 19.3 Å². The number of nitrogens with two attached hydrogens (primary N) is 1. The molecule has 0 aromatic carbocycles. The lowest BCUT2D eigenvalue weighted by Gasteiger charge is -2.31. The van der Waals surface area contributed by atoms with Gasteiger partial charge in [-0.25, -0.2) is 0 Å². The van der Waals surface area contributed by atoms with Crippen molar-refractivity contribution in [3.05, 3.63) is 0 Å². The highest BCUT2D eigenvalue weighted by atomic mass is 16.1. The molecule has 0 aromatic rings. The molecule has 92 valence electrons. The SMILES string of the molecule is CC1CC(C(=O)NC2CCCC2)CCC1N. The molecule has 2 fully saturated rings. The lowest BCUT2D eigenvalue weighted by Crippen LogP contribution is -2.43. The summed E-state index contributed by atoms with van der Waals surface area (Å²) in [6, 6.07) is 0.758. The number of carbonyl (C=O) groups is 1. The topological polar surface area (TPSA) is 55.1 Å². The Hall–Kier alpha value is -0.570. The summed E-state index contributed by atoms with van der Waals surface area (Å²) in [5.41, 5.74) is 5.97. The summed E-state index contributed by atoms with van der Waals surface area (Å²) in [7, 11) is 0. The molecule has 3 unspecified atom stereocenters. The molecule has 3 N–H and O–H groups in total. The van der Waals surface area contributed by atoms with Gasteiger partial charge in [0.25, 0.3) is 0 Å². The molecule has 0 heterocycles. The van der Waals surface area contributed by atoms with Crippen molar-refractivity contribution in [2.75, 3.05) is 0 Å². The zero-order valence-electron chi connectivity index (χ0n) is 10.2. The average molecular weight is 224 g/mol. The molecular weight excluding hydrogens is 200 g/mol. The van der Waals surface area contributed by atoms with Gasteiger partial charge in [0, 0.05) is 18.0 Å². The van der Waals surface area contributed by atoms with Crippen molar-refractivity contribution in [1.82, 2.24) is 5.32 Å². The molecule has 3 heteroatoms. The molecule has 2 aliphatic rings. The van der Waals surface area contributed by atoms with Crippen molar-refractivity contribution < 1.29 is 4.79 Å². The predicted molar refractivity (Wildman–Crippen MR) is 64.9 cm³/mol. The van der Waals surface area contributed by atoms with Gasteiger partial charge in [0.05, 0.1) is 0 Å². The molecule has 1 amide bonds. The van der Waals surface area contributed by atoms with Crippen LogP contribution in [0.1, 0.15) is 51.9 Å². The van der Waals surface area contributed by atoms with Gasteiger partial charge in [-0.05, 0) is 38.0 Å². The minimum absolute atomic E-state index is 0.218. The molecule has 2 rings (SSSR count). The van der Waals surface area contributed by atoms with Gasteiger partial charge < -0.3 is 11.1 Å². The maximum Gasteiger partial charge on any atom is 0.223 e. The Kier molecular flexibility index (Phi) is 3.85. The molecule has 2 saturated carbocycles. The number of carbonyl (C=O) groups excluding carboxylic acids is 1. The van der Waals surface area contributed by atoms with E-state index in [0.29, 0.717) is 18.0 Å². The number of hydrogen-bond donors (Lipinski definition) is 2. The van der Waals surface area contributed by atoms with E-state index in [2.05, 4.69) is 12.2 Å². The van der Waals surface area contributed by atoms with E-state index in [9.17, 15) is 4.79 Å². The van der Waals surface area contributed by atoms with Gasteiger partial charge in [0.1, 0.15) is 0 Å². The van der Waals surface area contributed by atoms with Crippen LogP contribution in [0.2, 0.25) is 0 Å². The van der Waals surface area contributed by atoms with Crippen LogP contribution in [-0.2, 0) is 4.79 Å². The minimum Gasteiger partial charge on any atom is -0.353 e. The first-order valence-corrected chi connectivity index (χ1v) is 6.72. The second-order valence-electron chi connectivity index (χ2n) is 5.64. The maximum atomic E-state index is 12.1. The monoisotopic (exact) mass is 224 g/mol. The van der Waals surface area contributed by atoms with Crippen LogP contribution >= 0.6 is 0 Å². The van der Waals surface area contributed by atoms with Crippen LogP contribution < -0.4 is 11.1 Å². The maximum absolute atomic E-state index is 12.1. The summed E-state index contributed by atoms with van der Waals surface area (Å²) in [6.45, 7) is 2.17. The van der Waals surface area contributed by atoms with Crippen LogP contribution in [0.3, 0.4) is 0 Å². The van der Waals surface area contributed by atoms with Crippen molar-refractivity contribution in [3.8, 4) is 0 Å². The highest BCUT2D eigenvalue weighted by Gasteiger charge is 2.30. The van der Waals surface area contributed by atoms with Gasteiger partial charge in [-0.15, -0.1) is 0 Å². The van der Waals surface area contributed by atoms with Gasteiger partial charge >= 0.3 is 0 Å². The fraction of sp³-hybridized carbons (Fsp3) is 0.923. The first-order chi connectivity index (χ1) is 7.66. The van der Waals surface area contributed by atoms with Crippen molar-refractivity contribution in [2.24, 2.45) is 17.6 Å². The third kappa shape index (κ3) is 2.76. The van der Waals surface area contributed by atoms with Gasteiger partial charge in [-0.3, -0.25) is 4.79 Å². The van der Waals surface area contributed by atoms with Crippen LogP contribution in [0.25, 0.3) is 0 Å². The highest BCUT2D eigenvalue weighted by Crippen LogP contribution is 2.28. The average Bonchev–Trinajstić information content (AvgIpc) is 2.74. The van der Waals surface area contributed by atoms with Crippen molar-refractivity contribution in [2.45, 2.75) is 64.0 Å². The van der Waals surface area contributed by atoms with Crippen LogP contribution in [0, 0.1) is 11.8 Å². The Labute approximate surface area is 98.2 Å². The smallest absolute Gasteiger partial charge is 0.223 e. The third-order valence-electron chi connectivity index (χ3n) is 4.31. The molecule has 0 bridgehead atoms. The molecule has 3 atom stereocenters. The lowest BCUT2D eigenvalue weighted by molar-refractivity contribution is -0.127. The normalized spacial score (nSPS) is 36.2. The molecule has 0 saturated heterocycles. The molecule has 16 heavy (non-hydrogen) atoms. The molecule has 0 spiro atoms. The van der Waals surface area contributed by atoms with Gasteiger partial charge in [-0.2, -0.15) is 0 Å². The molecular formula is C13H24N2O. The summed E-state index contributed by atoms with van der Waals surface area (Å²) >= 11 is 0. The fourth-order valence-corrected chi connectivity index (χ4v) is 3.05. The van der Waals surface area contributed by atoms with Crippen LogP contribution in [0.5, 0.6) is 0 Å². The zero-order valence-corrected chi connectivity index (χ0v) is 10.2. The van der Waals surface area contributed by atoms with Crippen LogP contribution in [-0.4, -0.2) is 18.0 Å². The largest absolute Gasteiger partial charge is 0.353 e. The second kappa shape index (κ2) is 5.17. The lowest BCUT2D eigenvalue weighted by atomic mass is 9.79. The van der Waals surface area contributed by atoms with Crippen LogP contribution in [0.15, 0.2) is 0 Å². The second-order valence-corrected chi connectivity index (χ2v) is 5.64. The number of nitrogens with one attached hydrogen (secondary N) is 1. The summed E-state index contributed by atoms with van der Waals surface area (Å²) in [5, 5.41) is 3.20. The Morgan fingerprint density at radius 2 is 1.88 bits per heavy atom. The van der Waals surface area contributed by atoms with E-state index in [1.54, 1.807) is 0 Å². The first kappa shape index (κ1) is 11.9. The zero-order chi connectivity index (χ0) is 11.5. The molecule has 3 nitrogen and oxygen atoms in total. The highest BCUT2D eigenvalue weighted by molar-refractivity contribution is 5.79. The van der Waals surface area contributed by atoms with Crippen molar-refractivity contribution >= 4 is 5.91 Å². The fourth-order valence-electron chi connectivity index (χ4n) is 3.05. The Morgan fingerprint density at radius 1 is 1.19 bits per heavy atom. The number of rotatable bonds is 2. The van der Waals surface area contributed by atoms with Gasteiger partial charge in [0.15, 0.2) is 0 Å². The van der Waals surface area contributed by atoms with Crippen LogP contribution in [0.4, 0.5) is 0 Å². The quantitative estimate of drug-likeness (QED) is 0.751. The van der Waals surface area contributed by atoms with E-state index in [4.69, 9.17) is 5.73 Å². The van der Waals surface area contributed by atoms with E-state index in [-0.39, 0.29) is 11.8 Å². The summed E-state index contributed by atoms with van der Waals surface area (Å²) in [4.78, 5) is 12.1. The van der Waals surface area contributed by atoms with Gasteiger partial charge in [0.2, 0.25) is 5.91 Å². The van der Waals surface area contributed by atoms with E-state index >= 15 is 0 Å². The Bertz CT molecular complexity index is 248. The summed E-state index contributed by atoms with van der Waals surface area (Å²) < 4.78 is 0. The number of amides is 1. The number of hydrogen-bond acceptors (Lipinski definition) is 2. The van der Waals surface area contributed by atoms with Crippen molar-refractivity contribution in [3.63, 3.8) is 0 Å². The van der Waals surface area contributed by atoms with E-state index in [1.165, 1.54) is 25.7 Å². The first-order valence-electron chi connectivity index (χ1n) is 6.72. The van der Waals surface area contributed by atoms with Gasteiger partial charge in [-0.1, -0.05) is 19.8 Å². The van der Waals surface area contributed by atoms with E-state index < -0.39 is 0 Å². The minimum atomic E-state index is 0.218. The summed E-state index contributed by atoms with van der Waals surface area (Å²) in [5.74, 6) is 0.995. The molecule has 2 aliphatic carbocycles. The third-order valence-corrected chi connectivity index (χ3v) is 4.31. The Morgan fingerprint density at radius 3 is 2.50 bits per heavy atom. The standard InChI is InChI=1S/C13H24N2O/c1-9-8-10(6-7-12(9)14)13(16)15-11-4-2-3-5-11/h9-12H,2-8,14H2,1H3,(H,15,16). The molecule has 0 aliphatic heterocycles. The Balaban J connectivity index is 1.80. The van der Waals surface area contributed by atoms with Crippen molar-refractivity contribution in [1.29, 1.82) is 0 Å². The van der Waals surface area contributed by atoms with E-state index in [1.807, 2.05) is 0 Å².